The zero-order valence-corrected chi connectivity index (χ0v) is 14.9. The number of carbonyl (C=O) groups is 3. The Labute approximate surface area is 149 Å². The van der Waals surface area contributed by atoms with Crippen molar-refractivity contribution >= 4 is 17.9 Å². The van der Waals surface area contributed by atoms with Crippen LogP contribution in [-0.2, 0) is 28.6 Å². The van der Waals surface area contributed by atoms with Crippen LogP contribution in [0.5, 0.6) is 0 Å². The van der Waals surface area contributed by atoms with E-state index in [4.69, 9.17) is 14.2 Å². The zero-order chi connectivity index (χ0) is 19.1. The Balaban J connectivity index is 4.13. The molecule has 6 heteroatoms. The van der Waals surface area contributed by atoms with Crippen LogP contribution in [0.3, 0.4) is 0 Å². The molecule has 0 rings (SSSR count). The second kappa shape index (κ2) is 14.0. The van der Waals surface area contributed by atoms with Crippen molar-refractivity contribution in [1.82, 2.24) is 0 Å². The molecule has 25 heavy (non-hydrogen) atoms. The highest BCUT2D eigenvalue weighted by Crippen LogP contribution is 2.15. The van der Waals surface area contributed by atoms with Gasteiger partial charge in [0.05, 0.1) is 19.8 Å². The Kier molecular flexibility index (Phi) is 12.7. The second-order valence-corrected chi connectivity index (χ2v) is 5.76. The summed E-state index contributed by atoms with van der Waals surface area (Å²) in [7, 11) is 0. The van der Waals surface area contributed by atoms with Crippen molar-refractivity contribution in [2.75, 3.05) is 19.8 Å². The fraction of sp³-hybridized carbons (Fsp3) is 0.526. The lowest BCUT2D eigenvalue weighted by Gasteiger charge is -2.17. The molecule has 0 aromatic heterocycles. The van der Waals surface area contributed by atoms with E-state index >= 15 is 0 Å². The molecule has 0 amide bonds. The molecule has 0 saturated heterocycles. The summed E-state index contributed by atoms with van der Waals surface area (Å²) in [6.07, 6.45) is 6.78. The number of esters is 3. The van der Waals surface area contributed by atoms with Crippen molar-refractivity contribution in [2.24, 2.45) is 11.8 Å². The van der Waals surface area contributed by atoms with Crippen LogP contribution in [0, 0.1) is 11.8 Å². The van der Waals surface area contributed by atoms with Crippen LogP contribution in [0.25, 0.3) is 0 Å². The summed E-state index contributed by atoms with van der Waals surface area (Å²) in [6.45, 7) is 12.7. The molecule has 0 aromatic rings. The van der Waals surface area contributed by atoms with Gasteiger partial charge in [0.2, 0.25) is 0 Å². The molecular weight excluding hydrogens is 324 g/mol. The van der Waals surface area contributed by atoms with E-state index in [2.05, 4.69) is 19.7 Å². The van der Waals surface area contributed by atoms with Crippen LogP contribution in [0.4, 0.5) is 0 Å². The van der Waals surface area contributed by atoms with E-state index in [-0.39, 0.29) is 25.0 Å². The van der Waals surface area contributed by atoms with Gasteiger partial charge >= 0.3 is 17.9 Å². The number of hydrogen-bond donors (Lipinski definition) is 0. The maximum atomic E-state index is 11.2. The lowest BCUT2D eigenvalue weighted by molar-refractivity contribution is -0.143. The average Bonchev–Trinajstić information content (AvgIpc) is 2.63. The Morgan fingerprint density at radius 2 is 1.16 bits per heavy atom. The maximum absolute atomic E-state index is 11.2. The first-order valence-corrected chi connectivity index (χ1v) is 8.30. The van der Waals surface area contributed by atoms with Gasteiger partial charge in [-0.3, -0.25) is 0 Å². The lowest BCUT2D eigenvalue weighted by atomic mass is 9.99. The molecule has 0 aliphatic heterocycles. The standard InChI is InChI=1S/C19H28O6/c1-5-17(20)23-12-15(4)10-8-9-11-16(13-24-18(21)6-2)14-25-19(22)7-3/h5-7,15-16H,1-3,8-14H2,4H3. The van der Waals surface area contributed by atoms with Crippen molar-refractivity contribution in [3.63, 3.8) is 0 Å². The van der Waals surface area contributed by atoms with Gasteiger partial charge in [0.15, 0.2) is 0 Å². The molecule has 0 radical (unpaired) electrons. The largest absolute Gasteiger partial charge is 0.462 e. The molecule has 140 valence electrons. The van der Waals surface area contributed by atoms with Gasteiger partial charge < -0.3 is 14.2 Å². The monoisotopic (exact) mass is 352 g/mol. The van der Waals surface area contributed by atoms with E-state index in [1.165, 1.54) is 0 Å². The van der Waals surface area contributed by atoms with E-state index in [1.807, 2.05) is 6.92 Å². The number of unbranched alkanes of at least 4 members (excludes halogenated alkanes) is 1. The number of carbonyl (C=O) groups excluding carboxylic acids is 3. The van der Waals surface area contributed by atoms with E-state index in [1.54, 1.807) is 0 Å². The Morgan fingerprint density at radius 3 is 1.60 bits per heavy atom. The third-order valence-corrected chi connectivity index (χ3v) is 3.49. The minimum Gasteiger partial charge on any atom is -0.462 e. The van der Waals surface area contributed by atoms with Crippen molar-refractivity contribution in [3.05, 3.63) is 38.0 Å². The van der Waals surface area contributed by atoms with E-state index in [0.29, 0.717) is 6.61 Å². The third-order valence-electron chi connectivity index (χ3n) is 3.49. The van der Waals surface area contributed by atoms with Gasteiger partial charge in [-0.25, -0.2) is 14.4 Å². The van der Waals surface area contributed by atoms with Crippen LogP contribution in [0.15, 0.2) is 38.0 Å². The number of hydrogen-bond acceptors (Lipinski definition) is 6. The van der Waals surface area contributed by atoms with Crippen LogP contribution < -0.4 is 0 Å². The predicted octanol–water partition coefficient (Wildman–Crippen LogP) is 2.99. The van der Waals surface area contributed by atoms with Gasteiger partial charge in [0.1, 0.15) is 0 Å². The maximum Gasteiger partial charge on any atom is 0.330 e. The summed E-state index contributed by atoms with van der Waals surface area (Å²) < 4.78 is 15.1. The summed E-state index contributed by atoms with van der Waals surface area (Å²) in [5, 5.41) is 0. The minimum absolute atomic E-state index is 0.0818. The lowest BCUT2D eigenvalue weighted by Crippen LogP contribution is -2.20. The van der Waals surface area contributed by atoms with Gasteiger partial charge in [0, 0.05) is 24.1 Å². The molecule has 0 bridgehead atoms. The molecule has 0 heterocycles. The van der Waals surface area contributed by atoms with Gasteiger partial charge in [-0.1, -0.05) is 39.5 Å². The molecule has 6 nitrogen and oxygen atoms in total. The summed E-state index contributed by atoms with van der Waals surface area (Å²) in [5.74, 6) is -1.25. The summed E-state index contributed by atoms with van der Waals surface area (Å²) in [4.78, 5) is 33.3. The molecule has 0 aliphatic carbocycles. The van der Waals surface area contributed by atoms with E-state index in [0.717, 1.165) is 43.9 Å². The topological polar surface area (TPSA) is 78.9 Å². The molecule has 0 aliphatic rings. The second-order valence-electron chi connectivity index (χ2n) is 5.76. The highest BCUT2D eigenvalue weighted by Gasteiger charge is 2.14. The minimum atomic E-state index is -0.502. The summed E-state index contributed by atoms with van der Waals surface area (Å²) >= 11 is 0. The van der Waals surface area contributed by atoms with Crippen molar-refractivity contribution in [1.29, 1.82) is 0 Å². The van der Waals surface area contributed by atoms with Gasteiger partial charge in [-0.05, 0) is 18.8 Å². The normalized spacial score (nSPS) is 11.3. The van der Waals surface area contributed by atoms with Crippen LogP contribution in [0.1, 0.15) is 32.6 Å². The molecule has 0 spiro atoms. The first-order chi connectivity index (χ1) is 11.9. The average molecular weight is 352 g/mol. The summed E-state index contributed by atoms with van der Waals surface area (Å²) in [5.41, 5.74) is 0. The SMILES string of the molecule is C=CC(=O)OCC(C)CCCCC(COC(=O)C=C)COC(=O)C=C. The van der Waals surface area contributed by atoms with Gasteiger partial charge in [-0.15, -0.1) is 0 Å². The first-order valence-electron chi connectivity index (χ1n) is 8.30. The number of ether oxygens (including phenoxy) is 3. The Hall–Kier alpha value is -2.37. The molecule has 0 saturated carbocycles. The Bertz CT molecular complexity index is 445. The fourth-order valence-corrected chi connectivity index (χ4v) is 2.03. The molecule has 0 aromatic carbocycles. The van der Waals surface area contributed by atoms with Crippen molar-refractivity contribution in [2.45, 2.75) is 32.6 Å². The van der Waals surface area contributed by atoms with Crippen molar-refractivity contribution < 1.29 is 28.6 Å². The molecule has 1 atom stereocenters. The molecule has 0 N–H and O–H groups in total. The van der Waals surface area contributed by atoms with E-state index < -0.39 is 17.9 Å². The highest BCUT2D eigenvalue weighted by molar-refractivity contribution is 5.81. The molecular formula is C19H28O6. The highest BCUT2D eigenvalue weighted by atomic mass is 16.5. The third kappa shape index (κ3) is 12.7. The number of rotatable bonds is 14. The van der Waals surface area contributed by atoms with Crippen molar-refractivity contribution in [3.8, 4) is 0 Å². The first kappa shape index (κ1) is 22.6. The van der Waals surface area contributed by atoms with Crippen LogP contribution >= 0.6 is 0 Å². The zero-order valence-electron chi connectivity index (χ0n) is 14.9. The fourth-order valence-electron chi connectivity index (χ4n) is 2.03. The van der Waals surface area contributed by atoms with Gasteiger partial charge in [-0.2, -0.15) is 0 Å². The molecule has 1 unspecified atom stereocenters. The predicted molar refractivity (Wildman–Crippen MR) is 94.6 cm³/mol. The summed E-state index contributed by atoms with van der Waals surface area (Å²) in [6, 6.07) is 0. The van der Waals surface area contributed by atoms with Gasteiger partial charge in [0.25, 0.3) is 0 Å². The van der Waals surface area contributed by atoms with E-state index in [9.17, 15) is 14.4 Å². The van der Waals surface area contributed by atoms with Crippen LogP contribution in [-0.4, -0.2) is 37.7 Å². The quantitative estimate of drug-likeness (QED) is 0.207. The Morgan fingerprint density at radius 1 is 0.760 bits per heavy atom. The molecule has 0 fully saturated rings. The smallest absolute Gasteiger partial charge is 0.330 e. The van der Waals surface area contributed by atoms with Crippen LogP contribution in [0.2, 0.25) is 0 Å².